The summed E-state index contributed by atoms with van der Waals surface area (Å²) < 4.78 is 0. The molecular formula is C15H23ClN2. The van der Waals surface area contributed by atoms with E-state index in [-0.39, 0.29) is 0 Å². The normalized spacial score (nSPS) is 15.2. The van der Waals surface area contributed by atoms with Crippen LogP contribution >= 0.6 is 11.6 Å². The van der Waals surface area contributed by atoms with Crippen molar-refractivity contribution >= 4 is 17.3 Å². The molecule has 0 spiro atoms. The molecule has 2 rings (SSSR count). The predicted molar refractivity (Wildman–Crippen MR) is 79.4 cm³/mol. The SMILES string of the molecule is CC(C)N(CC1CC1)c1ccc(CCN)c(Cl)c1. The Morgan fingerprint density at radius 2 is 2.11 bits per heavy atom. The molecule has 3 heteroatoms. The third-order valence-corrected chi connectivity index (χ3v) is 3.91. The highest BCUT2D eigenvalue weighted by Gasteiger charge is 2.25. The molecule has 0 saturated heterocycles. The number of hydrogen-bond acceptors (Lipinski definition) is 2. The summed E-state index contributed by atoms with van der Waals surface area (Å²) in [6.45, 7) is 6.29. The van der Waals surface area contributed by atoms with E-state index in [1.54, 1.807) is 0 Å². The van der Waals surface area contributed by atoms with Gasteiger partial charge < -0.3 is 10.6 Å². The van der Waals surface area contributed by atoms with Crippen molar-refractivity contribution in [2.45, 2.75) is 39.2 Å². The molecule has 0 aromatic heterocycles. The first-order chi connectivity index (χ1) is 8.61. The quantitative estimate of drug-likeness (QED) is 0.854. The first-order valence-corrected chi connectivity index (χ1v) is 7.24. The Bertz CT molecular complexity index is 399. The smallest absolute Gasteiger partial charge is 0.0459 e. The van der Waals surface area contributed by atoms with Crippen molar-refractivity contribution < 1.29 is 0 Å². The number of nitrogens with two attached hydrogens (primary N) is 1. The molecule has 0 unspecified atom stereocenters. The lowest BCUT2D eigenvalue weighted by atomic mass is 10.1. The fourth-order valence-corrected chi connectivity index (χ4v) is 2.54. The number of rotatable bonds is 6. The van der Waals surface area contributed by atoms with Crippen LogP contribution in [0.3, 0.4) is 0 Å². The van der Waals surface area contributed by atoms with Crippen LogP contribution in [-0.4, -0.2) is 19.1 Å². The van der Waals surface area contributed by atoms with Crippen LogP contribution in [0.2, 0.25) is 5.02 Å². The van der Waals surface area contributed by atoms with Crippen LogP contribution in [0.25, 0.3) is 0 Å². The van der Waals surface area contributed by atoms with Crippen LogP contribution in [0.15, 0.2) is 18.2 Å². The van der Waals surface area contributed by atoms with Gasteiger partial charge in [0.2, 0.25) is 0 Å². The molecule has 18 heavy (non-hydrogen) atoms. The molecule has 0 radical (unpaired) electrons. The summed E-state index contributed by atoms with van der Waals surface area (Å²) in [5.41, 5.74) is 7.97. The summed E-state index contributed by atoms with van der Waals surface area (Å²) in [6.07, 6.45) is 3.60. The lowest BCUT2D eigenvalue weighted by molar-refractivity contribution is 0.644. The molecule has 1 saturated carbocycles. The van der Waals surface area contributed by atoms with Crippen molar-refractivity contribution in [1.82, 2.24) is 0 Å². The Morgan fingerprint density at radius 3 is 2.61 bits per heavy atom. The molecule has 0 amide bonds. The monoisotopic (exact) mass is 266 g/mol. The van der Waals surface area contributed by atoms with Crippen molar-refractivity contribution in [3.05, 3.63) is 28.8 Å². The van der Waals surface area contributed by atoms with Crippen molar-refractivity contribution in [3.63, 3.8) is 0 Å². The van der Waals surface area contributed by atoms with Gasteiger partial charge in [0, 0.05) is 23.3 Å². The third-order valence-electron chi connectivity index (χ3n) is 3.56. The minimum absolute atomic E-state index is 0.516. The topological polar surface area (TPSA) is 29.3 Å². The van der Waals surface area contributed by atoms with Gasteiger partial charge in [-0.1, -0.05) is 17.7 Å². The molecule has 1 aliphatic rings. The van der Waals surface area contributed by atoms with Gasteiger partial charge in [0.15, 0.2) is 0 Å². The van der Waals surface area contributed by atoms with E-state index in [1.165, 1.54) is 18.5 Å². The van der Waals surface area contributed by atoms with Crippen LogP contribution < -0.4 is 10.6 Å². The second-order valence-electron chi connectivity index (χ2n) is 5.50. The first kappa shape index (κ1) is 13.7. The van der Waals surface area contributed by atoms with Crippen molar-refractivity contribution in [1.29, 1.82) is 0 Å². The van der Waals surface area contributed by atoms with E-state index >= 15 is 0 Å². The number of anilines is 1. The van der Waals surface area contributed by atoms with Gasteiger partial charge in [0.1, 0.15) is 0 Å². The highest BCUT2D eigenvalue weighted by molar-refractivity contribution is 6.31. The highest BCUT2D eigenvalue weighted by Crippen LogP contribution is 2.33. The van der Waals surface area contributed by atoms with Crippen LogP contribution in [0, 0.1) is 5.92 Å². The van der Waals surface area contributed by atoms with Crippen LogP contribution in [0.4, 0.5) is 5.69 Å². The maximum atomic E-state index is 6.33. The van der Waals surface area contributed by atoms with E-state index in [4.69, 9.17) is 17.3 Å². The second-order valence-corrected chi connectivity index (χ2v) is 5.91. The second kappa shape index (κ2) is 5.94. The minimum atomic E-state index is 0.516. The number of benzene rings is 1. The Balaban J connectivity index is 2.16. The lowest BCUT2D eigenvalue weighted by Gasteiger charge is -2.29. The summed E-state index contributed by atoms with van der Waals surface area (Å²) in [7, 11) is 0. The van der Waals surface area contributed by atoms with Crippen molar-refractivity contribution in [3.8, 4) is 0 Å². The molecule has 0 bridgehead atoms. The Morgan fingerprint density at radius 1 is 1.39 bits per heavy atom. The number of nitrogens with zero attached hydrogens (tertiary/aromatic N) is 1. The fraction of sp³-hybridized carbons (Fsp3) is 0.600. The predicted octanol–water partition coefficient (Wildman–Crippen LogP) is 3.47. The van der Waals surface area contributed by atoms with E-state index < -0.39 is 0 Å². The molecule has 2 nitrogen and oxygen atoms in total. The van der Waals surface area contributed by atoms with Crippen molar-refractivity contribution in [2.75, 3.05) is 18.0 Å². The summed E-state index contributed by atoms with van der Waals surface area (Å²) in [5, 5.41) is 0.847. The lowest BCUT2D eigenvalue weighted by Crippen LogP contribution is -2.32. The largest absolute Gasteiger partial charge is 0.369 e. The van der Waals surface area contributed by atoms with E-state index in [0.717, 1.165) is 29.5 Å². The zero-order valence-corrected chi connectivity index (χ0v) is 12.1. The number of halogens is 1. The zero-order valence-electron chi connectivity index (χ0n) is 11.3. The van der Waals surface area contributed by atoms with Crippen LogP contribution in [0.1, 0.15) is 32.3 Å². The molecule has 1 aromatic carbocycles. The molecule has 0 heterocycles. The van der Waals surface area contributed by atoms with Gasteiger partial charge in [-0.25, -0.2) is 0 Å². The van der Waals surface area contributed by atoms with Gasteiger partial charge in [-0.05, 0) is 63.3 Å². The maximum absolute atomic E-state index is 6.33. The summed E-state index contributed by atoms with van der Waals surface area (Å²) in [5.74, 6) is 0.884. The van der Waals surface area contributed by atoms with Crippen LogP contribution in [-0.2, 0) is 6.42 Å². The average molecular weight is 267 g/mol. The molecule has 0 atom stereocenters. The number of hydrogen-bond donors (Lipinski definition) is 1. The highest BCUT2D eigenvalue weighted by atomic mass is 35.5. The molecule has 1 fully saturated rings. The van der Waals surface area contributed by atoms with Gasteiger partial charge in [-0.3, -0.25) is 0 Å². The molecule has 0 aliphatic heterocycles. The van der Waals surface area contributed by atoms with E-state index in [9.17, 15) is 0 Å². The molecular weight excluding hydrogens is 244 g/mol. The van der Waals surface area contributed by atoms with Crippen molar-refractivity contribution in [2.24, 2.45) is 11.7 Å². The van der Waals surface area contributed by atoms with Gasteiger partial charge in [0.25, 0.3) is 0 Å². The van der Waals surface area contributed by atoms with Gasteiger partial charge in [0.05, 0.1) is 0 Å². The zero-order chi connectivity index (χ0) is 13.1. The molecule has 2 N–H and O–H groups in total. The first-order valence-electron chi connectivity index (χ1n) is 6.87. The minimum Gasteiger partial charge on any atom is -0.369 e. The molecule has 1 aromatic rings. The summed E-state index contributed by atoms with van der Waals surface area (Å²) in [4.78, 5) is 2.45. The summed E-state index contributed by atoms with van der Waals surface area (Å²) >= 11 is 6.33. The fourth-order valence-electron chi connectivity index (χ4n) is 2.27. The Kier molecular flexibility index (Phi) is 4.52. The van der Waals surface area contributed by atoms with E-state index in [1.807, 2.05) is 0 Å². The van der Waals surface area contributed by atoms with Crippen LogP contribution in [0.5, 0.6) is 0 Å². The van der Waals surface area contributed by atoms with E-state index in [0.29, 0.717) is 12.6 Å². The molecule has 100 valence electrons. The standard InChI is InChI=1S/C15H23ClN2/c1-11(2)18(10-12-3-4-12)14-6-5-13(7-8-17)15(16)9-14/h5-6,9,11-12H,3-4,7-8,10,17H2,1-2H3. The Labute approximate surface area is 115 Å². The summed E-state index contributed by atoms with van der Waals surface area (Å²) in [6, 6.07) is 6.91. The molecule has 1 aliphatic carbocycles. The van der Waals surface area contributed by atoms with E-state index in [2.05, 4.69) is 36.9 Å². The Hall–Kier alpha value is -0.730. The van der Waals surface area contributed by atoms with Gasteiger partial charge >= 0.3 is 0 Å². The maximum Gasteiger partial charge on any atom is 0.0459 e. The van der Waals surface area contributed by atoms with Gasteiger partial charge in [-0.2, -0.15) is 0 Å². The third kappa shape index (κ3) is 3.39. The average Bonchev–Trinajstić information content (AvgIpc) is 3.12. The van der Waals surface area contributed by atoms with Gasteiger partial charge in [-0.15, -0.1) is 0 Å².